The molecule has 0 aliphatic carbocycles. The molecule has 3 rings (SSSR count). The van der Waals surface area contributed by atoms with Crippen LogP contribution in [0.1, 0.15) is 12.7 Å². The molecule has 3 aromatic rings. The lowest BCUT2D eigenvalue weighted by molar-refractivity contribution is -0.120. The predicted octanol–water partition coefficient (Wildman–Crippen LogP) is 2.73. The van der Waals surface area contributed by atoms with Crippen LogP contribution in [0.4, 0.5) is 0 Å². The number of aromatic nitrogens is 4. The Labute approximate surface area is 141 Å². The average Bonchev–Trinajstić information content (AvgIpc) is 3.24. The van der Waals surface area contributed by atoms with Crippen LogP contribution in [0.3, 0.4) is 0 Å². The molecule has 0 radical (unpaired) electrons. The first-order chi connectivity index (χ1) is 11.2. The van der Waals surface area contributed by atoms with Crippen LogP contribution >= 0.6 is 23.1 Å². The van der Waals surface area contributed by atoms with E-state index in [1.165, 1.54) is 11.8 Å². The number of nitrogens with zero attached hydrogens (tertiary/aromatic N) is 3. The van der Waals surface area contributed by atoms with Crippen molar-refractivity contribution in [1.29, 1.82) is 0 Å². The number of rotatable bonds is 6. The minimum Gasteiger partial charge on any atom is -0.348 e. The molecule has 118 valence electrons. The van der Waals surface area contributed by atoms with Gasteiger partial charge >= 0.3 is 0 Å². The molecule has 8 heteroatoms. The number of amides is 1. The van der Waals surface area contributed by atoms with Crippen LogP contribution in [0.15, 0.2) is 46.9 Å². The van der Waals surface area contributed by atoms with E-state index in [1.54, 1.807) is 17.5 Å². The van der Waals surface area contributed by atoms with Crippen LogP contribution < -0.4 is 5.32 Å². The third-order valence-electron chi connectivity index (χ3n) is 3.01. The maximum absolute atomic E-state index is 12.1. The molecule has 3 heterocycles. The molecule has 2 N–H and O–H groups in total. The molecule has 1 amide bonds. The molecule has 0 aliphatic heterocycles. The van der Waals surface area contributed by atoms with Gasteiger partial charge in [-0.3, -0.25) is 9.89 Å². The summed E-state index contributed by atoms with van der Waals surface area (Å²) in [5, 5.41) is 12.4. The van der Waals surface area contributed by atoms with E-state index in [9.17, 15) is 4.79 Å². The molecule has 0 aliphatic rings. The van der Waals surface area contributed by atoms with Gasteiger partial charge in [0.2, 0.25) is 5.91 Å². The average molecular weight is 345 g/mol. The first-order valence-electron chi connectivity index (χ1n) is 7.03. The summed E-state index contributed by atoms with van der Waals surface area (Å²) in [5.41, 5.74) is 0. The van der Waals surface area contributed by atoms with Crippen LogP contribution in [-0.2, 0) is 11.3 Å². The highest BCUT2D eigenvalue weighted by molar-refractivity contribution is 8.00. The van der Waals surface area contributed by atoms with Crippen LogP contribution in [0.5, 0.6) is 0 Å². The van der Waals surface area contributed by atoms with Gasteiger partial charge in [0.05, 0.1) is 21.7 Å². The summed E-state index contributed by atoms with van der Waals surface area (Å²) in [4.78, 5) is 21.7. The van der Waals surface area contributed by atoms with E-state index < -0.39 is 0 Å². The lowest BCUT2D eigenvalue weighted by Gasteiger charge is -2.10. The zero-order valence-corrected chi connectivity index (χ0v) is 14.0. The highest BCUT2D eigenvalue weighted by Crippen LogP contribution is 2.21. The molecule has 0 bridgehead atoms. The van der Waals surface area contributed by atoms with Crippen molar-refractivity contribution in [3.05, 3.63) is 47.7 Å². The molecule has 1 atom stereocenters. The second-order valence-electron chi connectivity index (χ2n) is 4.73. The summed E-state index contributed by atoms with van der Waals surface area (Å²) in [5.74, 6) is 1.23. The first-order valence-corrected chi connectivity index (χ1v) is 8.79. The predicted molar refractivity (Wildman–Crippen MR) is 91.1 cm³/mol. The third-order valence-corrected chi connectivity index (χ3v) is 4.92. The number of carbonyl (C=O) groups is 1. The summed E-state index contributed by atoms with van der Waals surface area (Å²) in [6.45, 7) is 2.18. The van der Waals surface area contributed by atoms with Gasteiger partial charge in [-0.25, -0.2) is 9.97 Å². The third kappa shape index (κ3) is 4.17. The van der Waals surface area contributed by atoms with E-state index in [4.69, 9.17) is 0 Å². The van der Waals surface area contributed by atoms with Crippen molar-refractivity contribution in [3.63, 3.8) is 0 Å². The summed E-state index contributed by atoms with van der Waals surface area (Å²) >= 11 is 3.00. The highest BCUT2D eigenvalue weighted by atomic mass is 32.2. The number of thioether (sulfide) groups is 1. The van der Waals surface area contributed by atoms with Crippen molar-refractivity contribution in [2.75, 3.05) is 0 Å². The van der Waals surface area contributed by atoms with E-state index in [1.807, 2.05) is 42.6 Å². The fourth-order valence-electron chi connectivity index (χ4n) is 1.86. The Morgan fingerprint density at radius 2 is 2.30 bits per heavy atom. The van der Waals surface area contributed by atoms with Gasteiger partial charge in [-0.1, -0.05) is 23.9 Å². The molecule has 6 nitrogen and oxygen atoms in total. The topological polar surface area (TPSA) is 83.6 Å². The monoisotopic (exact) mass is 345 g/mol. The van der Waals surface area contributed by atoms with Gasteiger partial charge in [0.1, 0.15) is 5.82 Å². The molecule has 0 aromatic carbocycles. The van der Waals surface area contributed by atoms with Crippen molar-refractivity contribution < 1.29 is 4.79 Å². The van der Waals surface area contributed by atoms with Crippen LogP contribution in [-0.4, -0.2) is 31.3 Å². The van der Waals surface area contributed by atoms with Crippen molar-refractivity contribution in [3.8, 4) is 10.7 Å². The Morgan fingerprint density at radius 3 is 3.04 bits per heavy atom. The Morgan fingerprint density at radius 1 is 1.39 bits per heavy atom. The Bertz CT molecular complexity index is 757. The minimum absolute atomic E-state index is 0.0604. The standard InChI is InChI=1S/C15H15N5OS2/c1-10(23-13-6-2-3-7-16-13)15(21)17-9-12-18-14(20-19-12)11-5-4-8-22-11/h2-8,10H,9H2,1H3,(H,17,21)(H,18,19,20)/t10-/m0/s1. The van der Waals surface area contributed by atoms with Gasteiger partial charge in [-0.2, -0.15) is 5.10 Å². The van der Waals surface area contributed by atoms with E-state index in [-0.39, 0.29) is 11.2 Å². The van der Waals surface area contributed by atoms with Crippen LogP contribution in [0.2, 0.25) is 0 Å². The Hall–Kier alpha value is -2.19. The van der Waals surface area contributed by atoms with Crippen molar-refractivity contribution in [2.24, 2.45) is 0 Å². The summed E-state index contributed by atoms with van der Waals surface area (Å²) in [6.07, 6.45) is 1.72. The summed E-state index contributed by atoms with van der Waals surface area (Å²) < 4.78 is 0. The zero-order valence-electron chi connectivity index (χ0n) is 12.4. The van der Waals surface area contributed by atoms with Gasteiger partial charge in [0.15, 0.2) is 5.82 Å². The maximum atomic E-state index is 12.1. The second-order valence-corrected chi connectivity index (χ2v) is 7.04. The highest BCUT2D eigenvalue weighted by Gasteiger charge is 2.15. The Balaban J connectivity index is 1.52. The van der Waals surface area contributed by atoms with Crippen molar-refractivity contribution >= 4 is 29.0 Å². The van der Waals surface area contributed by atoms with E-state index in [2.05, 4.69) is 25.5 Å². The lowest BCUT2D eigenvalue weighted by Crippen LogP contribution is -2.30. The molecule has 3 aromatic heterocycles. The van der Waals surface area contributed by atoms with Gasteiger partial charge in [0, 0.05) is 6.20 Å². The molecule has 0 saturated carbocycles. The smallest absolute Gasteiger partial charge is 0.233 e. The van der Waals surface area contributed by atoms with E-state index in [0.29, 0.717) is 18.2 Å². The first kappa shape index (κ1) is 15.7. The van der Waals surface area contributed by atoms with E-state index >= 15 is 0 Å². The van der Waals surface area contributed by atoms with Crippen LogP contribution in [0.25, 0.3) is 10.7 Å². The number of thiophene rings is 1. The number of H-pyrrole nitrogens is 1. The largest absolute Gasteiger partial charge is 0.348 e. The van der Waals surface area contributed by atoms with Gasteiger partial charge in [0.25, 0.3) is 0 Å². The number of aromatic amines is 1. The normalized spacial score (nSPS) is 12.0. The second kappa shape index (κ2) is 7.38. The summed E-state index contributed by atoms with van der Waals surface area (Å²) in [6, 6.07) is 9.55. The fourth-order valence-corrected chi connectivity index (χ4v) is 3.35. The molecule has 0 spiro atoms. The zero-order chi connectivity index (χ0) is 16.1. The molecule has 0 fully saturated rings. The van der Waals surface area contributed by atoms with Gasteiger partial charge in [-0.15, -0.1) is 11.3 Å². The number of nitrogens with one attached hydrogen (secondary N) is 2. The molecule has 0 unspecified atom stereocenters. The van der Waals surface area contributed by atoms with E-state index in [0.717, 1.165) is 9.90 Å². The maximum Gasteiger partial charge on any atom is 0.233 e. The summed E-state index contributed by atoms with van der Waals surface area (Å²) in [7, 11) is 0. The van der Waals surface area contributed by atoms with Crippen LogP contribution in [0, 0.1) is 0 Å². The molecular weight excluding hydrogens is 330 g/mol. The molecular formula is C15H15N5OS2. The minimum atomic E-state index is -0.232. The number of carbonyl (C=O) groups excluding carboxylic acids is 1. The Kier molecular flexibility index (Phi) is 5.04. The lowest BCUT2D eigenvalue weighted by atomic mass is 10.4. The quantitative estimate of drug-likeness (QED) is 0.671. The fraction of sp³-hybridized carbons (Fsp3) is 0.200. The number of pyridine rings is 1. The van der Waals surface area contributed by atoms with Crippen molar-refractivity contribution in [2.45, 2.75) is 23.7 Å². The molecule has 0 saturated heterocycles. The van der Waals surface area contributed by atoms with Gasteiger partial charge in [-0.05, 0) is 30.5 Å². The number of hydrogen-bond acceptors (Lipinski definition) is 6. The van der Waals surface area contributed by atoms with Crippen molar-refractivity contribution in [1.82, 2.24) is 25.5 Å². The SMILES string of the molecule is C[C@H](Sc1ccccn1)C(=O)NCc1nc(-c2cccs2)n[nH]1. The van der Waals surface area contributed by atoms with Gasteiger partial charge < -0.3 is 5.32 Å². The number of hydrogen-bond donors (Lipinski definition) is 2. The molecule has 23 heavy (non-hydrogen) atoms.